The van der Waals surface area contributed by atoms with Crippen LogP contribution in [0.3, 0.4) is 0 Å². The molecule has 0 bridgehead atoms. The Morgan fingerprint density at radius 2 is 1.51 bits per heavy atom. The quantitative estimate of drug-likeness (QED) is 0.144. The smallest absolute Gasteiger partial charge is 0.459 e. The molecule has 10 nitrogen and oxygen atoms in total. The highest BCUT2D eigenvalue weighted by Gasteiger charge is 2.63. The van der Waals surface area contributed by atoms with E-state index >= 15 is 0 Å². The Hall–Kier alpha value is -2.69. The standard InChI is InChI=1S/C33H45NO9/c1-19-22-12-10-20(8-6-14-32(2)27(42-32)25(22)40-29(19)35)17-38-31(37)39-18-21-9-7-15-33(3)28(43-33)26-23(13-11-21)24(16-34(4)5)30(36)41-26/h8-9,22-28H,1,6-7,10-18H2,2-5H3/b20-8+,21-9+/t22-,23-,24-,25-,26-,27-,28-,32+,33+/m0/s1. The van der Waals surface area contributed by atoms with Gasteiger partial charge in [-0.1, -0.05) is 18.7 Å². The third kappa shape index (κ3) is 6.28. The average Bonchev–Trinajstić information content (AvgIpc) is 3.76. The molecule has 0 aromatic rings. The summed E-state index contributed by atoms with van der Waals surface area (Å²) in [5, 5.41) is 0. The number of nitrogens with zero attached hydrogens (tertiary/aromatic N) is 1. The lowest BCUT2D eigenvalue weighted by Crippen LogP contribution is -2.34. The van der Waals surface area contributed by atoms with Gasteiger partial charge in [-0.15, -0.1) is 0 Å². The minimum Gasteiger partial charge on any atom is -0.459 e. The van der Waals surface area contributed by atoms with Crippen LogP contribution >= 0.6 is 0 Å². The van der Waals surface area contributed by atoms with Gasteiger partial charge in [0.2, 0.25) is 0 Å². The molecule has 4 fully saturated rings. The number of fused-ring (bicyclic) bond motifs is 6. The minimum absolute atomic E-state index is 0.0459. The molecule has 0 amide bonds. The first-order valence-corrected chi connectivity index (χ1v) is 15.7. The number of allylic oxidation sites excluding steroid dienone is 2. The first-order chi connectivity index (χ1) is 20.5. The third-order valence-electron chi connectivity index (χ3n) is 10.4. The van der Waals surface area contributed by atoms with E-state index in [9.17, 15) is 14.4 Å². The number of hydrogen-bond donors (Lipinski definition) is 0. The summed E-state index contributed by atoms with van der Waals surface area (Å²) >= 11 is 0. The summed E-state index contributed by atoms with van der Waals surface area (Å²) in [7, 11) is 3.93. The molecule has 0 aromatic carbocycles. The summed E-state index contributed by atoms with van der Waals surface area (Å²) in [6.45, 7) is 9.01. The summed E-state index contributed by atoms with van der Waals surface area (Å²) in [5.74, 6) is -0.757. The first kappa shape index (κ1) is 30.3. The maximum Gasteiger partial charge on any atom is 0.508 e. The zero-order valence-corrected chi connectivity index (χ0v) is 25.8. The van der Waals surface area contributed by atoms with Crippen molar-refractivity contribution in [3.8, 4) is 0 Å². The van der Waals surface area contributed by atoms with Crippen molar-refractivity contribution in [2.45, 2.75) is 101 Å². The van der Waals surface area contributed by atoms with Crippen LogP contribution < -0.4 is 0 Å². The van der Waals surface area contributed by atoms with Crippen LogP contribution in [0, 0.1) is 17.8 Å². The number of esters is 2. The zero-order valence-electron chi connectivity index (χ0n) is 25.8. The van der Waals surface area contributed by atoms with Crippen LogP contribution in [0.1, 0.15) is 65.2 Å². The molecule has 0 saturated carbocycles. The van der Waals surface area contributed by atoms with Crippen molar-refractivity contribution < 1.29 is 42.8 Å². The summed E-state index contributed by atoms with van der Waals surface area (Å²) in [6, 6.07) is 0. The Morgan fingerprint density at radius 3 is 2.12 bits per heavy atom. The van der Waals surface area contributed by atoms with Crippen LogP contribution in [-0.4, -0.2) is 92.5 Å². The lowest BCUT2D eigenvalue weighted by Gasteiger charge is -2.24. The Morgan fingerprint density at radius 1 is 0.930 bits per heavy atom. The fraction of sp³-hybridized carbons (Fsp3) is 0.727. The molecule has 6 aliphatic rings. The molecule has 4 aliphatic heterocycles. The van der Waals surface area contributed by atoms with Gasteiger partial charge in [-0.05, 0) is 90.5 Å². The number of carbonyl (C=O) groups is 3. The molecule has 0 radical (unpaired) electrons. The Kier molecular flexibility index (Phi) is 8.23. The van der Waals surface area contributed by atoms with E-state index in [1.165, 1.54) is 0 Å². The molecular formula is C33H45NO9. The molecule has 0 spiro atoms. The van der Waals surface area contributed by atoms with Crippen molar-refractivity contribution in [1.29, 1.82) is 0 Å². The second-order valence-corrected chi connectivity index (χ2v) is 13.8. The SMILES string of the molecule is C=C1C(=O)O[C@H]2[C@H]1CC/C(COC(=O)OC/C1=C/CC[C@@]3(C)O[C@H]3[C@H]3OC(=O)[C@@H](CN(C)C)[C@@H]3CC1)=C\CC[C@@]1(C)O[C@@H]21. The van der Waals surface area contributed by atoms with Crippen LogP contribution in [0.15, 0.2) is 35.5 Å². The van der Waals surface area contributed by atoms with Gasteiger partial charge in [0, 0.05) is 24.0 Å². The lowest BCUT2D eigenvalue weighted by molar-refractivity contribution is -0.145. The lowest BCUT2D eigenvalue weighted by atomic mass is 9.80. The van der Waals surface area contributed by atoms with Crippen LogP contribution in [-0.2, 0) is 38.0 Å². The number of hydrogen-bond acceptors (Lipinski definition) is 10. The largest absolute Gasteiger partial charge is 0.508 e. The van der Waals surface area contributed by atoms with Crippen molar-refractivity contribution in [2.75, 3.05) is 33.9 Å². The van der Waals surface area contributed by atoms with Crippen LogP contribution in [0.2, 0.25) is 0 Å². The summed E-state index contributed by atoms with van der Waals surface area (Å²) in [5.41, 5.74) is 1.88. The van der Waals surface area contributed by atoms with E-state index in [2.05, 4.69) is 32.6 Å². The third-order valence-corrected chi connectivity index (χ3v) is 10.4. The Labute approximate surface area is 253 Å². The Balaban J connectivity index is 1.03. The summed E-state index contributed by atoms with van der Waals surface area (Å²) in [6.07, 6.45) is 8.84. The van der Waals surface area contributed by atoms with Gasteiger partial charge in [-0.25, -0.2) is 9.59 Å². The van der Waals surface area contributed by atoms with E-state index < -0.39 is 6.16 Å². The van der Waals surface area contributed by atoms with Crippen molar-refractivity contribution in [3.05, 3.63) is 35.5 Å². The van der Waals surface area contributed by atoms with Crippen molar-refractivity contribution >= 4 is 18.1 Å². The molecular weight excluding hydrogens is 554 g/mol. The molecule has 0 aromatic heterocycles. The molecule has 2 aliphatic carbocycles. The first-order valence-electron chi connectivity index (χ1n) is 15.7. The number of rotatable bonds is 6. The van der Waals surface area contributed by atoms with E-state index in [1.807, 2.05) is 19.0 Å². The second-order valence-electron chi connectivity index (χ2n) is 13.8. The highest BCUT2D eigenvalue weighted by molar-refractivity contribution is 5.91. The van der Waals surface area contributed by atoms with Gasteiger partial charge in [0.25, 0.3) is 0 Å². The monoisotopic (exact) mass is 599 g/mol. The normalized spacial score (nSPS) is 42.9. The van der Waals surface area contributed by atoms with Crippen LogP contribution in [0.4, 0.5) is 4.79 Å². The fourth-order valence-electron chi connectivity index (χ4n) is 7.58. The molecule has 0 unspecified atom stereocenters. The summed E-state index contributed by atoms with van der Waals surface area (Å²) < 4.78 is 34.7. The molecule has 0 N–H and O–H groups in total. The van der Waals surface area contributed by atoms with Crippen LogP contribution in [0.5, 0.6) is 0 Å². The van der Waals surface area contributed by atoms with Gasteiger partial charge >= 0.3 is 18.1 Å². The van der Waals surface area contributed by atoms with Gasteiger partial charge in [-0.2, -0.15) is 0 Å². The van der Waals surface area contributed by atoms with E-state index in [4.69, 9.17) is 28.4 Å². The average molecular weight is 600 g/mol. The fourth-order valence-corrected chi connectivity index (χ4v) is 7.58. The van der Waals surface area contributed by atoms with Crippen molar-refractivity contribution in [3.63, 3.8) is 0 Å². The Bertz CT molecular complexity index is 1220. The van der Waals surface area contributed by atoms with Gasteiger partial charge in [-0.3, -0.25) is 4.79 Å². The second kappa shape index (κ2) is 11.7. The maximum atomic E-state index is 12.8. The summed E-state index contributed by atoms with van der Waals surface area (Å²) in [4.78, 5) is 39.7. The van der Waals surface area contributed by atoms with E-state index in [0.717, 1.165) is 43.3 Å². The number of ether oxygens (including phenoxy) is 6. The number of epoxide rings is 2. The maximum absolute atomic E-state index is 12.8. The highest BCUT2D eigenvalue weighted by atomic mass is 16.7. The van der Waals surface area contributed by atoms with Gasteiger partial charge in [0.15, 0.2) is 0 Å². The van der Waals surface area contributed by atoms with Gasteiger partial charge < -0.3 is 33.3 Å². The predicted molar refractivity (Wildman–Crippen MR) is 155 cm³/mol. The van der Waals surface area contributed by atoms with Gasteiger partial charge in [0.05, 0.1) is 17.1 Å². The predicted octanol–water partition coefficient (Wildman–Crippen LogP) is 4.27. The molecule has 9 atom stereocenters. The molecule has 43 heavy (non-hydrogen) atoms. The van der Waals surface area contributed by atoms with E-state index in [0.29, 0.717) is 31.4 Å². The molecule has 4 saturated heterocycles. The van der Waals surface area contributed by atoms with E-state index in [-0.39, 0.29) is 78.5 Å². The van der Waals surface area contributed by atoms with Gasteiger partial charge in [0.1, 0.15) is 37.6 Å². The molecule has 236 valence electrons. The zero-order chi connectivity index (χ0) is 30.5. The molecule has 4 heterocycles. The van der Waals surface area contributed by atoms with Crippen molar-refractivity contribution in [1.82, 2.24) is 4.90 Å². The minimum atomic E-state index is -0.713. The number of carbonyl (C=O) groups excluding carboxylic acids is 3. The van der Waals surface area contributed by atoms with Crippen LogP contribution in [0.25, 0.3) is 0 Å². The van der Waals surface area contributed by atoms with E-state index in [1.54, 1.807) is 0 Å². The molecule has 10 heteroatoms. The highest BCUT2D eigenvalue weighted by Crippen LogP contribution is 2.51. The van der Waals surface area contributed by atoms with Crippen molar-refractivity contribution in [2.24, 2.45) is 17.8 Å². The topological polar surface area (TPSA) is 116 Å². The molecule has 6 rings (SSSR count).